The Morgan fingerprint density at radius 3 is 1.95 bits per heavy atom. The molecule has 0 unspecified atom stereocenters. The summed E-state index contributed by atoms with van der Waals surface area (Å²) in [6.45, 7) is 11.4. The molecule has 0 saturated heterocycles. The van der Waals surface area contributed by atoms with Crippen LogP contribution in [-0.4, -0.2) is 7.05 Å². The fourth-order valence-corrected chi connectivity index (χ4v) is 1.81. The van der Waals surface area contributed by atoms with Crippen molar-refractivity contribution in [3.8, 4) is 0 Å². The first kappa shape index (κ1) is 21.1. The smallest absolute Gasteiger partial charge is 0.0253 e. The lowest BCUT2D eigenvalue weighted by atomic mass is 10.1. The average molecular weight is 308 g/mol. The highest BCUT2D eigenvalue weighted by atomic mass is 32.1. The van der Waals surface area contributed by atoms with Gasteiger partial charge in [-0.05, 0) is 18.2 Å². The van der Waals surface area contributed by atoms with Crippen LogP contribution in [-0.2, 0) is 0 Å². The predicted molar refractivity (Wildman–Crippen MR) is 101 cm³/mol. The zero-order valence-electron chi connectivity index (χ0n) is 12.5. The van der Waals surface area contributed by atoms with E-state index in [1.165, 1.54) is 7.05 Å². The Kier molecular flexibility index (Phi) is 15.1. The molecule has 0 aromatic heterocycles. The molecule has 0 heterocycles. The summed E-state index contributed by atoms with van der Waals surface area (Å²) in [5.41, 5.74) is 6.44. The molecule has 0 aliphatic heterocycles. The molecule has 0 spiro atoms. The van der Waals surface area contributed by atoms with Crippen molar-refractivity contribution in [2.75, 3.05) is 7.05 Å². The SMILES string of the molecule is C=C/C=C(C=C)/C(S)=C(/S)c1ccccc1.CC.CN. The Morgan fingerprint density at radius 2 is 1.55 bits per heavy atom. The number of hydrogen-bond donors (Lipinski definition) is 3. The van der Waals surface area contributed by atoms with Crippen molar-refractivity contribution in [3.05, 3.63) is 77.8 Å². The second-order valence-corrected chi connectivity index (χ2v) is 4.02. The maximum absolute atomic E-state index is 4.50. The average Bonchev–Trinajstić information content (AvgIpc) is 2.55. The molecule has 110 valence electrons. The summed E-state index contributed by atoms with van der Waals surface area (Å²) < 4.78 is 0. The van der Waals surface area contributed by atoms with Gasteiger partial charge in [-0.3, -0.25) is 0 Å². The van der Waals surface area contributed by atoms with Crippen molar-refractivity contribution in [3.63, 3.8) is 0 Å². The Labute approximate surface area is 134 Å². The van der Waals surface area contributed by atoms with Gasteiger partial charge in [-0.1, -0.05) is 75.6 Å². The summed E-state index contributed by atoms with van der Waals surface area (Å²) in [5.74, 6) is 0. The number of allylic oxidation sites excluding steroid dienone is 4. The minimum atomic E-state index is 0.796. The Balaban J connectivity index is 0. The first-order valence-corrected chi connectivity index (χ1v) is 7.31. The molecule has 2 N–H and O–H groups in total. The van der Waals surface area contributed by atoms with Crippen LogP contribution in [0.15, 0.2) is 72.2 Å². The van der Waals surface area contributed by atoms with Gasteiger partial charge in [-0.15, -0.1) is 25.3 Å². The molecule has 0 saturated carbocycles. The molecule has 0 aliphatic carbocycles. The van der Waals surface area contributed by atoms with Gasteiger partial charge in [-0.2, -0.15) is 0 Å². The highest BCUT2D eigenvalue weighted by molar-refractivity contribution is 7.93. The van der Waals surface area contributed by atoms with E-state index in [0.717, 1.165) is 20.9 Å². The minimum absolute atomic E-state index is 0.796. The molecular formula is C17H25NS2. The van der Waals surface area contributed by atoms with E-state index in [1.54, 1.807) is 12.2 Å². The quantitative estimate of drug-likeness (QED) is 0.523. The van der Waals surface area contributed by atoms with Crippen LogP contribution >= 0.6 is 25.3 Å². The molecule has 20 heavy (non-hydrogen) atoms. The summed E-state index contributed by atoms with van der Waals surface area (Å²) in [6, 6.07) is 9.89. The van der Waals surface area contributed by atoms with Crippen molar-refractivity contribution < 1.29 is 0 Å². The van der Waals surface area contributed by atoms with Gasteiger partial charge in [0, 0.05) is 9.81 Å². The van der Waals surface area contributed by atoms with Crippen LogP contribution in [0.5, 0.6) is 0 Å². The van der Waals surface area contributed by atoms with Crippen LogP contribution in [0.2, 0.25) is 0 Å². The molecule has 3 heteroatoms. The van der Waals surface area contributed by atoms with Gasteiger partial charge in [0.1, 0.15) is 0 Å². The highest BCUT2D eigenvalue weighted by Crippen LogP contribution is 2.29. The minimum Gasteiger partial charge on any atom is -0.333 e. The summed E-state index contributed by atoms with van der Waals surface area (Å²) in [7, 11) is 1.50. The molecule has 0 amide bonds. The maximum atomic E-state index is 4.50. The molecule has 0 bridgehead atoms. The summed E-state index contributed by atoms with van der Waals surface area (Å²) in [5, 5.41) is 0. The lowest BCUT2D eigenvalue weighted by Gasteiger charge is -2.07. The van der Waals surface area contributed by atoms with Crippen LogP contribution in [0.1, 0.15) is 19.4 Å². The van der Waals surface area contributed by atoms with Gasteiger partial charge in [0.05, 0.1) is 0 Å². The van der Waals surface area contributed by atoms with Crippen molar-refractivity contribution in [1.29, 1.82) is 0 Å². The zero-order valence-corrected chi connectivity index (χ0v) is 14.3. The molecule has 0 aliphatic rings. The van der Waals surface area contributed by atoms with Crippen molar-refractivity contribution in [2.24, 2.45) is 5.73 Å². The van der Waals surface area contributed by atoms with E-state index in [0.29, 0.717) is 0 Å². The Bertz CT molecular complexity index is 445. The van der Waals surface area contributed by atoms with Crippen molar-refractivity contribution in [1.82, 2.24) is 0 Å². The largest absolute Gasteiger partial charge is 0.333 e. The third-order valence-corrected chi connectivity index (χ3v) is 3.20. The molecule has 1 rings (SSSR count). The molecule has 1 aromatic carbocycles. The Hall–Kier alpha value is -1.16. The van der Waals surface area contributed by atoms with Gasteiger partial charge in [0.25, 0.3) is 0 Å². The number of hydrogen-bond acceptors (Lipinski definition) is 3. The van der Waals surface area contributed by atoms with Crippen LogP contribution in [0.3, 0.4) is 0 Å². The van der Waals surface area contributed by atoms with Crippen LogP contribution in [0, 0.1) is 0 Å². The number of thiol groups is 2. The fraction of sp³-hybridized carbons (Fsp3) is 0.176. The highest BCUT2D eigenvalue weighted by Gasteiger charge is 2.04. The van der Waals surface area contributed by atoms with E-state index >= 15 is 0 Å². The zero-order chi connectivity index (χ0) is 16.0. The molecule has 1 aromatic rings. The summed E-state index contributed by atoms with van der Waals surface area (Å²) in [4.78, 5) is 1.63. The maximum Gasteiger partial charge on any atom is 0.0253 e. The lowest BCUT2D eigenvalue weighted by molar-refractivity contribution is 1.48. The van der Waals surface area contributed by atoms with Gasteiger partial charge < -0.3 is 5.73 Å². The van der Waals surface area contributed by atoms with E-state index in [1.807, 2.05) is 50.3 Å². The molecule has 0 radical (unpaired) electrons. The molecule has 0 fully saturated rings. The first-order chi connectivity index (χ1) is 9.70. The van der Waals surface area contributed by atoms with Crippen molar-refractivity contribution >= 4 is 30.2 Å². The van der Waals surface area contributed by atoms with Gasteiger partial charge in [-0.25, -0.2) is 0 Å². The predicted octanol–water partition coefficient (Wildman–Crippen LogP) is 5.11. The lowest BCUT2D eigenvalue weighted by Crippen LogP contribution is -1.83. The van der Waals surface area contributed by atoms with Gasteiger partial charge >= 0.3 is 0 Å². The topological polar surface area (TPSA) is 26.0 Å². The van der Waals surface area contributed by atoms with E-state index in [-0.39, 0.29) is 0 Å². The van der Waals surface area contributed by atoms with Crippen LogP contribution in [0.4, 0.5) is 0 Å². The fourth-order valence-electron chi connectivity index (χ4n) is 1.24. The molecule has 1 nitrogen and oxygen atoms in total. The second kappa shape index (κ2) is 14.3. The normalized spacial score (nSPS) is 11.0. The summed E-state index contributed by atoms with van der Waals surface area (Å²) >= 11 is 8.94. The van der Waals surface area contributed by atoms with Crippen LogP contribution < -0.4 is 5.73 Å². The number of benzene rings is 1. The second-order valence-electron chi connectivity index (χ2n) is 3.13. The van der Waals surface area contributed by atoms with E-state index in [2.05, 4.69) is 44.1 Å². The molecule has 0 atom stereocenters. The van der Waals surface area contributed by atoms with E-state index in [9.17, 15) is 0 Å². The standard InChI is InChI=1S/C14H14S2.C2H6.CH5N/c1-3-8-11(4-2)13(15)14(16)12-9-6-5-7-10-12;2*1-2/h3-10,15-16H,1-2H2;1-2H3;2H2,1H3/b11-8+,14-13-;;. The third kappa shape index (κ3) is 7.43. The van der Waals surface area contributed by atoms with Gasteiger partial charge in [0.15, 0.2) is 0 Å². The number of rotatable bonds is 4. The van der Waals surface area contributed by atoms with E-state index < -0.39 is 0 Å². The first-order valence-electron chi connectivity index (χ1n) is 6.41. The Morgan fingerprint density at radius 1 is 1.05 bits per heavy atom. The van der Waals surface area contributed by atoms with Gasteiger partial charge in [0.2, 0.25) is 0 Å². The monoisotopic (exact) mass is 307 g/mol. The number of nitrogens with two attached hydrogens (primary N) is 1. The third-order valence-electron chi connectivity index (χ3n) is 2.06. The van der Waals surface area contributed by atoms with E-state index in [4.69, 9.17) is 0 Å². The van der Waals surface area contributed by atoms with Crippen LogP contribution in [0.25, 0.3) is 4.91 Å². The van der Waals surface area contributed by atoms with Crippen molar-refractivity contribution in [2.45, 2.75) is 13.8 Å². The molecular weight excluding hydrogens is 282 g/mol. The summed E-state index contributed by atoms with van der Waals surface area (Å²) in [6.07, 6.45) is 5.30.